The molecular weight excluding hydrogens is 200 g/mol. The summed E-state index contributed by atoms with van der Waals surface area (Å²) in [6.07, 6.45) is 5.05. The summed E-state index contributed by atoms with van der Waals surface area (Å²) in [6, 6.07) is 8.06. The number of ether oxygens (including phenoxy) is 2. The van der Waals surface area contributed by atoms with Gasteiger partial charge in [-0.2, -0.15) is 0 Å². The van der Waals surface area contributed by atoms with Crippen LogP contribution in [0.5, 0.6) is 5.75 Å². The fourth-order valence-corrected chi connectivity index (χ4v) is 2.41. The van der Waals surface area contributed by atoms with E-state index >= 15 is 0 Å². The standard InChI is InChI=1S/C14H16O2/c1-13(2)9-14(15-10-13)8-7-11-5-3-4-6-12(11)16-14/h3-8H,9-10H2,1-2H3. The van der Waals surface area contributed by atoms with E-state index in [1.54, 1.807) is 0 Å². The molecule has 0 bridgehead atoms. The molecule has 1 spiro atoms. The van der Waals surface area contributed by atoms with E-state index in [-0.39, 0.29) is 5.41 Å². The smallest absolute Gasteiger partial charge is 0.231 e. The summed E-state index contributed by atoms with van der Waals surface area (Å²) in [5.41, 5.74) is 1.32. The van der Waals surface area contributed by atoms with E-state index in [9.17, 15) is 0 Å². The third-order valence-corrected chi connectivity index (χ3v) is 3.15. The van der Waals surface area contributed by atoms with Crippen LogP contribution in [-0.2, 0) is 4.74 Å². The quantitative estimate of drug-likeness (QED) is 0.663. The van der Waals surface area contributed by atoms with Crippen LogP contribution < -0.4 is 4.74 Å². The molecule has 0 aliphatic carbocycles. The van der Waals surface area contributed by atoms with Crippen molar-refractivity contribution in [2.24, 2.45) is 5.41 Å². The molecule has 0 aromatic heterocycles. The molecule has 2 aliphatic rings. The monoisotopic (exact) mass is 216 g/mol. The molecule has 1 aromatic carbocycles. The lowest BCUT2D eigenvalue weighted by molar-refractivity contribution is -0.111. The van der Waals surface area contributed by atoms with Gasteiger partial charge in [0.1, 0.15) is 5.75 Å². The number of para-hydroxylation sites is 1. The lowest BCUT2D eigenvalue weighted by Crippen LogP contribution is -2.35. The van der Waals surface area contributed by atoms with Gasteiger partial charge in [0.2, 0.25) is 5.79 Å². The lowest BCUT2D eigenvalue weighted by Gasteiger charge is -2.30. The van der Waals surface area contributed by atoms with Crippen molar-refractivity contribution in [3.63, 3.8) is 0 Å². The van der Waals surface area contributed by atoms with E-state index in [2.05, 4.69) is 26.0 Å². The van der Waals surface area contributed by atoms with E-state index in [0.29, 0.717) is 0 Å². The van der Waals surface area contributed by atoms with Crippen LogP contribution in [-0.4, -0.2) is 12.4 Å². The van der Waals surface area contributed by atoms with Crippen LogP contribution in [0.15, 0.2) is 30.3 Å². The van der Waals surface area contributed by atoms with Crippen LogP contribution in [0.2, 0.25) is 0 Å². The maximum atomic E-state index is 6.01. The van der Waals surface area contributed by atoms with Gasteiger partial charge in [-0.3, -0.25) is 0 Å². The van der Waals surface area contributed by atoms with Crippen molar-refractivity contribution in [1.29, 1.82) is 0 Å². The molecule has 1 saturated heterocycles. The first-order chi connectivity index (χ1) is 7.59. The molecule has 2 nitrogen and oxygen atoms in total. The third kappa shape index (κ3) is 1.54. The van der Waals surface area contributed by atoms with Gasteiger partial charge in [0, 0.05) is 12.0 Å². The Morgan fingerprint density at radius 1 is 1.19 bits per heavy atom. The molecule has 1 unspecified atom stereocenters. The summed E-state index contributed by atoms with van der Waals surface area (Å²) in [6.45, 7) is 5.17. The molecular formula is C14H16O2. The SMILES string of the molecule is CC1(C)COC2(C=Cc3ccccc3O2)C1. The van der Waals surface area contributed by atoms with Gasteiger partial charge in [-0.1, -0.05) is 32.0 Å². The molecule has 0 saturated carbocycles. The Balaban J connectivity index is 1.94. The van der Waals surface area contributed by atoms with E-state index in [4.69, 9.17) is 9.47 Å². The van der Waals surface area contributed by atoms with Gasteiger partial charge in [0.05, 0.1) is 6.61 Å². The number of fused-ring (bicyclic) bond motifs is 1. The molecule has 2 heteroatoms. The van der Waals surface area contributed by atoms with Gasteiger partial charge in [-0.15, -0.1) is 0 Å². The van der Waals surface area contributed by atoms with E-state index in [0.717, 1.165) is 24.3 Å². The highest BCUT2D eigenvalue weighted by Crippen LogP contribution is 2.44. The minimum absolute atomic E-state index is 0.191. The minimum Gasteiger partial charge on any atom is -0.458 e. The van der Waals surface area contributed by atoms with Crippen LogP contribution in [0.25, 0.3) is 6.08 Å². The largest absolute Gasteiger partial charge is 0.458 e. The average molecular weight is 216 g/mol. The third-order valence-electron chi connectivity index (χ3n) is 3.15. The molecule has 2 heterocycles. The Morgan fingerprint density at radius 2 is 2.00 bits per heavy atom. The zero-order chi connectivity index (χ0) is 11.2. The highest BCUT2D eigenvalue weighted by atomic mass is 16.7. The molecule has 0 N–H and O–H groups in total. The first-order valence-electron chi connectivity index (χ1n) is 5.70. The second kappa shape index (κ2) is 3.11. The molecule has 16 heavy (non-hydrogen) atoms. The zero-order valence-corrected chi connectivity index (χ0v) is 9.69. The highest BCUT2D eigenvalue weighted by molar-refractivity contribution is 5.60. The Morgan fingerprint density at radius 3 is 2.75 bits per heavy atom. The summed E-state index contributed by atoms with van der Waals surface area (Å²) in [5.74, 6) is 0.389. The molecule has 0 amide bonds. The second-order valence-electron chi connectivity index (χ2n) is 5.41. The molecule has 0 radical (unpaired) electrons. The number of hydrogen-bond donors (Lipinski definition) is 0. The zero-order valence-electron chi connectivity index (χ0n) is 9.69. The normalized spacial score (nSPS) is 30.1. The topological polar surface area (TPSA) is 18.5 Å². The van der Waals surface area contributed by atoms with Crippen LogP contribution in [0, 0.1) is 5.41 Å². The van der Waals surface area contributed by atoms with Crippen LogP contribution in [0.1, 0.15) is 25.8 Å². The van der Waals surface area contributed by atoms with Gasteiger partial charge in [-0.05, 0) is 23.6 Å². The lowest BCUT2D eigenvalue weighted by atomic mass is 9.88. The maximum Gasteiger partial charge on any atom is 0.231 e. The van der Waals surface area contributed by atoms with Crippen molar-refractivity contribution < 1.29 is 9.47 Å². The average Bonchev–Trinajstić information content (AvgIpc) is 2.54. The summed E-state index contributed by atoms with van der Waals surface area (Å²) >= 11 is 0. The number of benzene rings is 1. The van der Waals surface area contributed by atoms with Gasteiger partial charge < -0.3 is 9.47 Å². The fraction of sp³-hybridized carbons (Fsp3) is 0.429. The Bertz CT molecular complexity index is 448. The first-order valence-corrected chi connectivity index (χ1v) is 5.70. The summed E-state index contributed by atoms with van der Waals surface area (Å²) in [4.78, 5) is 0. The van der Waals surface area contributed by atoms with Gasteiger partial charge >= 0.3 is 0 Å². The first kappa shape index (κ1) is 9.91. The van der Waals surface area contributed by atoms with Crippen molar-refractivity contribution in [1.82, 2.24) is 0 Å². The van der Waals surface area contributed by atoms with Crippen molar-refractivity contribution in [3.8, 4) is 5.75 Å². The van der Waals surface area contributed by atoms with E-state index in [1.165, 1.54) is 0 Å². The van der Waals surface area contributed by atoms with Gasteiger partial charge in [-0.25, -0.2) is 0 Å². The van der Waals surface area contributed by atoms with Crippen molar-refractivity contribution in [2.75, 3.05) is 6.61 Å². The Labute approximate surface area is 95.9 Å². The fourth-order valence-electron chi connectivity index (χ4n) is 2.41. The van der Waals surface area contributed by atoms with Crippen LogP contribution in [0.3, 0.4) is 0 Å². The predicted molar refractivity (Wildman–Crippen MR) is 63.2 cm³/mol. The molecule has 1 aromatic rings. The Kier molecular flexibility index (Phi) is 1.93. The predicted octanol–water partition coefficient (Wildman–Crippen LogP) is 3.24. The maximum absolute atomic E-state index is 6.01. The van der Waals surface area contributed by atoms with Crippen LogP contribution >= 0.6 is 0 Å². The summed E-state index contributed by atoms with van der Waals surface area (Å²) in [5, 5.41) is 0. The Hall–Kier alpha value is -1.28. The molecule has 2 aliphatic heterocycles. The molecule has 1 fully saturated rings. The van der Waals surface area contributed by atoms with E-state index < -0.39 is 5.79 Å². The van der Waals surface area contributed by atoms with Crippen molar-refractivity contribution in [3.05, 3.63) is 35.9 Å². The van der Waals surface area contributed by atoms with Gasteiger partial charge in [0.15, 0.2) is 0 Å². The molecule has 1 atom stereocenters. The second-order valence-corrected chi connectivity index (χ2v) is 5.41. The van der Waals surface area contributed by atoms with Crippen LogP contribution in [0.4, 0.5) is 0 Å². The van der Waals surface area contributed by atoms with Gasteiger partial charge in [0.25, 0.3) is 0 Å². The summed E-state index contributed by atoms with van der Waals surface area (Å²) < 4.78 is 11.9. The molecule has 3 rings (SSSR count). The number of rotatable bonds is 0. The summed E-state index contributed by atoms with van der Waals surface area (Å²) in [7, 11) is 0. The van der Waals surface area contributed by atoms with E-state index in [1.807, 2.05) is 24.3 Å². The highest BCUT2D eigenvalue weighted by Gasteiger charge is 2.46. The van der Waals surface area contributed by atoms with Crippen molar-refractivity contribution in [2.45, 2.75) is 26.1 Å². The minimum atomic E-state index is -0.530. The van der Waals surface area contributed by atoms with Crippen molar-refractivity contribution >= 4 is 6.08 Å². The number of hydrogen-bond acceptors (Lipinski definition) is 2. The molecule has 84 valence electrons.